The molecule has 0 aromatic carbocycles. The molecule has 2 heterocycles. The Labute approximate surface area is 156 Å². The fourth-order valence-corrected chi connectivity index (χ4v) is 3.17. The van der Waals surface area contributed by atoms with Crippen LogP contribution < -0.4 is 4.90 Å². The van der Waals surface area contributed by atoms with Gasteiger partial charge in [-0.3, -0.25) is 9.59 Å². The lowest BCUT2D eigenvalue weighted by Gasteiger charge is -2.22. The zero-order valence-corrected chi connectivity index (χ0v) is 17.0. The van der Waals surface area contributed by atoms with Gasteiger partial charge in [0.15, 0.2) is 0 Å². The van der Waals surface area contributed by atoms with Crippen molar-refractivity contribution in [3.8, 4) is 0 Å². The smallest absolute Gasteiger partial charge is 0.225 e. The van der Waals surface area contributed by atoms with E-state index in [9.17, 15) is 9.59 Å². The number of hydrogen-bond acceptors (Lipinski definition) is 5. The highest BCUT2D eigenvalue weighted by molar-refractivity contribution is 5.80. The lowest BCUT2D eigenvalue weighted by atomic mass is 10.0. The Morgan fingerprint density at radius 1 is 1.23 bits per heavy atom. The van der Waals surface area contributed by atoms with Gasteiger partial charge in [0.25, 0.3) is 0 Å². The highest BCUT2D eigenvalue weighted by Crippen LogP contribution is 2.29. The van der Waals surface area contributed by atoms with Gasteiger partial charge in [0.2, 0.25) is 11.8 Å². The Hall–Kier alpha value is -2.18. The van der Waals surface area contributed by atoms with E-state index < -0.39 is 0 Å². The van der Waals surface area contributed by atoms with Crippen molar-refractivity contribution in [2.75, 3.05) is 32.6 Å². The van der Waals surface area contributed by atoms with Gasteiger partial charge in [0.05, 0.1) is 12.2 Å². The predicted molar refractivity (Wildman–Crippen MR) is 102 cm³/mol. The van der Waals surface area contributed by atoms with Crippen LogP contribution in [0.2, 0.25) is 0 Å². The third kappa shape index (κ3) is 4.51. The number of nitrogens with zero attached hydrogens (tertiary/aromatic N) is 5. The number of amides is 2. The lowest BCUT2D eigenvalue weighted by molar-refractivity contribution is -0.133. The van der Waals surface area contributed by atoms with Gasteiger partial charge >= 0.3 is 0 Å². The van der Waals surface area contributed by atoms with Crippen LogP contribution in [0.15, 0.2) is 6.07 Å². The van der Waals surface area contributed by atoms with Crippen LogP contribution in [-0.2, 0) is 16.1 Å². The normalized spacial score (nSPS) is 17.3. The molecule has 26 heavy (non-hydrogen) atoms. The van der Waals surface area contributed by atoms with Crippen LogP contribution in [0.1, 0.15) is 51.6 Å². The number of anilines is 1. The molecule has 1 unspecified atom stereocenters. The summed E-state index contributed by atoms with van der Waals surface area (Å²) < 4.78 is 0. The van der Waals surface area contributed by atoms with Crippen molar-refractivity contribution in [1.82, 2.24) is 19.8 Å². The molecule has 1 aliphatic heterocycles. The molecule has 2 rings (SSSR count). The minimum Gasteiger partial charge on any atom is -0.363 e. The van der Waals surface area contributed by atoms with E-state index in [2.05, 4.69) is 4.98 Å². The molecule has 2 amide bonds. The maximum Gasteiger partial charge on any atom is 0.225 e. The first-order valence-electron chi connectivity index (χ1n) is 9.19. The topological polar surface area (TPSA) is 69.6 Å². The fourth-order valence-electron chi connectivity index (χ4n) is 3.17. The van der Waals surface area contributed by atoms with E-state index in [1.165, 1.54) is 0 Å². The first-order valence-corrected chi connectivity index (χ1v) is 9.19. The second-order valence-electron chi connectivity index (χ2n) is 7.85. The van der Waals surface area contributed by atoms with Crippen LogP contribution >= 0.6 is 0 Å². The maximum absolute atomic E-state index is 12.3. The van der Waals surface area contributed by atoms with Crippen LogP contribution in [0.4, 0.5) is 5.82 Å². The second-order valence-corrected chi connectivity index (χ2v) is 7.85. The Morgan fingerprint density at radius 2 is 1.88 bits per heavy atom. The molecule has 0 bridgehead atoms. The van der Waals surface area contributed by atoms with Crippen molar-refractivity contribution >= 4 is 17.6 Å². The van der Waals surface area contributed by atoms with Crippen molar-refractivity contribution in [1.29, 1.82) is 0 Å². The van der Waals surface area contributed by atoms with Crippen molar-refractivity contribution in [3.63, 3.8) is 0 Å². The molecule has 7 nitrogen and oxygen atoms in total. The molecular formula is C19H31N5O2. The number of likely N-dealkylation sites (tertiary alicyclic amines) is 1. The average Bonchev–Trinajstić information content (AvgIpc) is 2.95. The summed E-state index contributed by atoms with van der Waals surface area (Å²) in [6, 6.07) is 2.15. The van der Waals surface area contributed by atoms with Crippen LogP contribution in [0.3, 0.4) is 0 Å². The molecule has 1 saturated heterocycles. The van der Waals surface area contributed by atoms with Crippen molar-refractivity contribution < 1.29 is 9.59 Å². The number of carbonyl (C=O) groups is 2. The second kappa shape index (κ2) is 8.01. The molecule has 0 N–H and O–H groups in total. The number of carbonyl (C=O) groups excluding carboxylic acids is 2. The molecule has 1 aromatic rings. The summed E-state index contributed by atoms with van der Waals surface area (Å²) >= 11 is 0. The summed E-state index contributed by atoms with van der Waals surface area (Å²) in [6.07, 6.45) is 0.474. The highest BCUT2D eigenvalue weighted by atomic mass is 16.2. The minimum atomic E-state index is -0.0662. The Balaban J connectivity index is 2.29. The number of hydrogen-bond donors (Lipinski definition) is 0. The van der Waals surface area contributed by atoms with E-state index in [0.29, 0.717) is 25.3 Å². The Morgan fingerprint density at radius 3 is 2.38 bits per heavy atom. The molecule has 1 atom stereocenters. The quantitative estimate of drug-likeness (QED) is 0.774. The van der Waals surface area contributed by atoms with Crippen molar-refractivity contribution in [2.24, 2.45) is 5.92 Å². The summed E-state index contributed by atoms with van der Waals surface area (Å²) in [6.45, 7) is 8.87. The Kier molecular flexibility index (Phi) is 6.21. The largest absolute Gasteiger partial charge is 0.363 e. The van der Waals surface area contributed by atoms with Gasteiger partial charge in [-0.15, -0.1) is 0 Å². The van der Waals surface area contributed by atoms with Crippen LogP contribution in [0, 0.1) is 5.92 Å². The zero-order chi connectivity index (χ0) is 19.6. The van der Waals surface area contributed by atoms with Crippen LogP contribution in [0.25, 0.3) is 0 Å². The summed E-state index contributed by atoms with van der Waals surface area (Å²) in [5.41, 5.74) is 0.876. The first kappa shape index (κ1) is 20.1. The SMILES string of the molecule is CC(C)C(=O)N(C)Cc1nc(C2CC(=O)N(C(C)C)C2)cc(N(C)C)n1. The van der Waals surface area contributed by atoms with Gasteiger partial charge in [-0.1, -0.05) is 13.8 Å². The van der Waals surface area contributed by atoms with Gasteiger partial charge < -0.3 is 14.7 Å². The molecule has 7 heteroatoms. The van der Waals surface area contributed by atoms with Crippen LogP contribution in [0.5, 0.6) is 0 Å². The predicted octanol–water partition coefficient (Wildman–Crippen LogP) is 1.88. The molecule has 0 radical (unpaired) electrons. The molecule has 1 aliphatic rings. The standard InChI is InChI=1S/C19H31N5O2/c1-12(2)19(26)23(7)11-16-20-15(9-17(21-16)22(5)6)14-8-18(25)24(10-14)13(3)4/h9,12-14H,8,10-11H2,1-7H3. The van der Waals surface area contributed by atoms with Crippen molar-refractivity contribution in [3.05, 3.63) is 17.6 Å². The fraction of sp³-hybridized carbons (Fsp3) is 0.684. The van der Waals surface area contributed by atoms with E-state index in [4.69, 9.17) is 4.98 Å². The molecule has 0 spiro atoms. The molecular weight excluding hydrogens is 330 g/mol. The lowest BCUT2D eigenvalue weighted by Crippen LogP contribution is -2.32. The summed E-state index contributed by atoms with van der Waals surface area (Å²) in [7, 11) is 5.63. The minimum absolute atomic E-state index is 0.0624. The van der Waals surface area contributed by atoms with Gasteiger partial charge in [-0.05, 0) is 13.8 Å². The maximum atomic E-state index is 12.3. The summed E-state index contributed by atoms with van der Waals surface area (Å²) in [5, 5.41) is 0. The Bertz CT molecular complexity index is 672. The summed E-state index contributed by atoms with van der Waals surface area (Å²) in [4.78, 5) is 39.2. The van der Waals surface area contributed by atoms with E-state index in [-0.39, 0.29) is 29.7 Å². The van der Waals surface area contributed by atoms with E-state index in [1.54, 1.807) is 11.9 Å². The van der Waals surface area contributed by atoms with Crippen LogP contribution in [-0.4, -0.2) is 65.3 Å². The number of rotatable bonds is 6. The zero-order valence-electron chi connectivity index (χ0n) is 17.0. The van der Waals surface area contributed by atoms with E-state index in [0.717, 1.165) is 11.5 Å². The van der Waals surface area contributed by atoms with E-state index >= 15 is 0 Å². The molecule has 144 valence electrons. The number of aromatic nitrogens is 2. The third-order valence-corrected chi connectivity index (χ3v) is 4.69. The van der Waals surface area contributed by atoms with Gasteiger partial charge in [0.1, 0.15) is 11.6 Å². The monoisotopic (exact) mass is 361 g/mol. The molecule has 0 saturated carbocycles. The van der Waals surface area contributed by atoms with Crippen molar-refractivity contribution in [2.45, 2.75) is 52.6 Å². The van der Waals surface area contributed by atoms with E-state index in [1.807, 2.05) is 57.7 Å². The molecule has 1 aromatic heterocycles. The first-order chi connectivity index (χ1) is 12.1. The van der Waals surface area contributed by atoms with Gasteiger partial charge in [-0.25, -0.2) is 9.97 Å². The van der Waals surface area contributed by atoms with Gasteiger partial charge in [0, 0.05) is 58.1 Å². The molecule has 1 fully saturated rings. The van der Waals surface area contributed by atoms with Gasteiger partial charge in [-0.2, -0.15) is 0 Å². The average molecular weight is 361 g/mol. The summed E-state index contributed by atoms with van der Waals surface area (Å²) in [5.74, 6) is 1.64. The highest BCUT2D eigenvalue weighted by Gasteiger charge is 2.33. The molecule has 0 aliphatic carbocycles. The third-order valence-electron chi connectivity index (χ3n) is 4.69.